The Kier molecular flexibility index (Phi) is 5.89. The van der Waals surface area contributed by atoms with Gasteiger partial charge >= 0.3 is 0 Å². The smallest absolute Gasteiger partial charge is 0.226 e. The molecule has 6 heteroatoms. The third-order valence-corrected chi connectivity index (χ3v) is 4.65. The molecule has 1 aliphatic rings. The fraction of sp³-hybridized carbons (Fsp3) is 0.500. The number of aliphatic hydroxyl groups excluding tert-OH is 1. The van der Waals surface area contributed by atoms with Crippen LogP contribution < -0.4 is 0 Å². The van der Waals surface area contributed by atoms with Gasteiger partial charge in [0.2, 0.25) is 5.89 Å². The van der Waals surface area contributed by atoms with E-state index in [2.05, 4.69) is 14.8 Å². The van der Waals surface area contributed by atoms with Gasteiger partial charge in [0.1, 0.15) is 6.26 Å². The first-order valence-corrected chi connectivity index (χ1v) is 8.85. The number of hydrogen-bond acceptors (Lipinski definition) is 5. The van der Waals surface area contributed by atoms with Crippen molar-refractivity contribution < 1.29 is 9.52 Å². The predicted octanol–water partition coefficient (Wildman–Crippen LogP) is 2.88. The van der Waals surface area contributed by atoms with Crippen molar-refractivity contribution >= 4 is 11.6 Å². The quantitative estimate of drug-likeness (QED) is 0.869. The lowest BCUT2D eigenvalue weighted by atomic mass is 10.2. The molecule has 1 atom stereocenters. The van der Waals surface area contributed by atoms with Crippen molar-refractivity contribution in [2.75, 3.05) is 32.7 Å². The van der Waals surface area contributed by atoms with Gasteiger partial charge in [0, 0.05) is 49.9 Å². The Morgan fingerprint density at radius 1 is 1.25 bits per heavy atom. The molecular weight excluding hydrogens is 326 g/mol. The van der Waals surface area contributed by atoms with E-state index in [1.54, 1.807) is 6.26 Å². The number of benzene rings is 1. The molecule has 1 aromatic heterocycles. The van der Waals surface area contributed by atoms with Crippen molar-refractivity contribution in [1.29, 1.82) is 0 Å². The first kappa shape index (κ1) is 17.4. The maximum atomic E-state index is 9.75. The second-order valence-corrected chi connectivity index (χ2v) is 6.73. The molecule has 1 fully saturated rings. The van der Waals surface area contributed by atoms with Crippen molar-refractivity contribution in [3.8, 4) is 11.5 Å². The number of rotatable bonds is 6. The van der Waals surface area contributed by atoms with Gasteiger partial charge in [-0.05, 0) is 24.6 Å². The summed E-state index contributed by atoms with van der Waals surface area (Å²) in [6.45, 7) is 7.50. The minimum absolute atomic E-state index is 0.215. The van der Waals surface area contributed by atoms with Crippen LogP contribution in [0.2, 0.25) is 5.02 Å². The van der Waals surface area contributed by atoms with Gasteiger partial charge in [-0.25, -0.2) is 4.98 Å². The van der Waals surface area contributed by atoms with Crippen LogP contribution in [0.15, 0.2) is 34.9 Å². The Morgan fingerprint density at radius 3 is 2.71 bits per heavy atom. The second-order valence-electron chi connectivity index (χ2n) is 6.29. The van der Waals surface area contributed by atoms with Crippen LogP contribution in [0.25, 0.3) is 11.5 Å². The number of piperazine rings is 1. The Labute approximate surface area is 147 Å². The van der Waals surface area contributed by atoms with Crippen molar-refractivity contribution in [3.05, 3.63) is 41.2 Å². The van der Waals surface area contributed by atoms with E-state index in [0.29, 0.717) is 10.9 Å². The molecular formula is C18H24ClN3O2. The number of halogens is 1. The lowest BCUT2D eigenvalue weighted by molar-refractivity contribution is 0.0683. The van der Waals surface area contributed by atoms with E-state index in [4.69, 9.17) is 16.0 Å². The maximum Gasteiger partial charge on any atom is 0.226 e. The topological polar surface area (TPSA) is 52.7 Å². The Hall–Kier alpha value is -1.40. The average molecular weight is 350 g/mol. The van der Waals surface area contributed by atoms with Crippen molar-refractivity contribution in [2.24, 2.45) is 0 Å². The van der Waals surface area contributed by atoms with Crippen LogP contribution in [-0.2, 0) is 6.54 Å². The molecule has 0 aliphatic carbocycles. The molecule has 24 heavy (non-hydrogen) atoms. The molecule has 2 aromatic rings. The summed E-state index contributed by atoms with van der Waals surface area (Å²) in [6.07, 6.45) is 2.32. The highest BCUT2D eigenvalue weighted by Gasteiger charge is 2.19. The second kappa shape index (κ2) is 8.12. The number of oxazole rings is 1. The summed E-state index contributed by atoms with van der Waals surface area (Å²) in [7, 11) is 0. The normalized spacial score (nSPS) is 18.0. The first-order valence-electron chi connectivity index (χ1n) is 8.47. The molecule has 3 rings (SSSR count). The lowest BCUT2D eigenvalue weighted by Gasteiger charge is -2.35. The molecule has 1 unspecified atom stereocenters. The third kappa shape index (κ3) is 4.57. The summed E-state index contributed by atoms with van der Waals surface area (Å²) in [5.74, 6) is 0.609. The zero-order valence-corrected chi connectivity index (χ0v) is 14.7. The van der Waals surface area contributed by atoms with Gasteiger partial charge < -0.3 is 9.52 Å². The highest BCUT2D eigenvalue weighted by atomic mass is 35.5. The van der Waals surface area contributed by atoms with Crippen molar-refractivity contribution in [3.63, 3.8) is 0 Å². The lowest BCUT2D eigenvalue weighted by Crippen LogP contribution is -2.48. The maximum absolute atomic E-state index is 9.75. The van der Waals surface area contributed by atoms with Gasteiger partial charge in [0.25, 0.3) is 0 Å². The van der Waals surface area contributed by atoms with E-state index in [1.807, 2.05) is 31.2 Å². The van der Waals surface area contributed by atoms with Crippen LogP contribution in [0.1, 0.15) is 19.0 Å². The van der Waals surface area contributed by atoms with Gasteiger partial charge in [-0.15, -0.1) is 0 Å². The summed E-state index contributed by atoms with van der Waals surface area (Å²) < 4.78 is 5.60. The first-order chi connectivity index (χ1) is 11.6. The molecule has 5 nitrogen and oxygen atoms in total. The molecule has 2 heterocycles. The van der Waals surface area contributed by atoms with Crippen molar-refractivity contribution in [2.45, 2.75) is 26.0 Å². The van der Waals surface area contributed by atoms with Gasteiger partial charge in [0.05, 0.1) is 11.8 Å². The molecule has 0 saturated carbocycles. The number of aromatic nitrogens is 1. The minimum atomic E-state index is -0.215. The highest BCUT2D eigenvalue weighted by Crippen LogP contribution is 2.22. The molecule has 0 spiro atoms. The number of β-amino-alcohol motifs (C(OH)–C–C–N with tert-alkyl or cyclic N) is 1. The Bertz CT molecular complexity index is 653. The summed E-state index contributed by atoms with van der Waals surface area (Å²) >= 11 is 6.02. The van der Waals surface area contributed by atoms with Gasteiger partial charge in [-0.1, -0.05) is 24.6 Å². The van der Waals surface area contributed by atoms with Crippen LogP contribution in [0.4, 0.5) is 0 Å². The third-order valence-electron chi connectivity index (χ3n) is 4.41. The number of hydrogen-bond donors (Lipinski definition) is 1. The van der Waals surface area contributed by atoms with Crippen LogP contribution in [-0.4, -0.2) is 58.7 Å². The molecule has 1 aliphatic heterocycles. The largest absolute Gasteiger partial charge is 0.444 e. The molecule has 130 valence electrons. The van der Waals surface area contributed by atoms with E-state index in [9.17, 15) is 5.11 Å². The molecule has 0 amide bonds. The van der Waals surface area contributed by atoms with Gasteiger partial charge in [-0.2, -0.15) is 0 Å². The zero-order chi connectivity index (χ0) is 16.9. The predicted molar refractivity (Wildman–Crippen MR) is 95.0 cm³/mol. The van der Waals surface area contributed by atoms with Crippen LogP contribution in [0.3, 0.4) is 0 Å². The zero-order valence-electron chi connectivity index (χ0n) is 14.0. The molecule has 0 radical (unpaired) electrons. The van der Waals surface area contributed by atoms with Crippen LogP contribution >= 0.6 is 11.6 Å². The number of nitrogens with zero attached hydrogens (tertiary/aromatic N) is 3. The SMILES string of the molecule is CCC(O)CN1CCN(Cc2coc(-c3cccc(Cl)c3)n2)CC1. The molecule has 0 bridgehead atoms. The monoisotopic (exact) mass is 349 g/mol. The molecule has 1 N–H and O–H groups in total. The highest BCUT2D eigenvalue weighted by molar-refractivity contribution is 6.30. The molecule has 1 saturated heterocycles. The molecule has 1 aromatic carbocycles. The van der Waals surface area contributed by atoms with E-state index < -0.39 is 0 Å². The van der Waals surface area contributed by atoms with E-state index in [1.165, 1.54) is 0 Å². The number of aliphatic hydroxyl groups is 1. The summed E-state index contributed by atoms with van der Waals surface area (Å²) in [4.78, 5) is 9.27. The van der Waals surface area contributed by atoms with E-state index in [-0.39, 0.29) is 6.10 Å². The summed E-state index contributed by atoms with van der Waals surface area (Å²) in [5.41, 5.74) is 1.83. The fourth-order valence-electron chi connectivity index (χ4n) is 2.92. The Morgan fingerprint density at radius 2 is 2.00 bits per heavy atom. The Balaban J connectivity index is 1.53. The summed E-state index contributed by atoms with van der Waals surface area (Å²) in [6, 6.07) is 7.53. The van der Waals surface area contributed by atoms with Crippen LogP contribution in [0, 0.1) is 0 Å². The summed E-state index contributed by atoms with van der Waals surface area (Å²) in [5, 5.41) is 10.4. The standard InChI is InChI=1S/C18H24ClN3O2/c1-2-17(23)12-22-8-6-21(7-9-22)11-16-13-24-18(20-16)14-4-3-5-15(19)10-14/h3-5,10,13,17,23H,2,6-9,11-12H2,1H3. The van der Waals surface area contributed by atoms with Crippen LogP contribution in [0.5, 0.6) is 0 Å². The van der Waals surface area contributed by atoms with Gasteiger partial charge in [-0.3, -0.25) is 9.80 Å². The van der Waals surface area contributed by atoms with E-state index >= 15 is 0 Å². The fourth-order valence-corrected chi connectivity index (χ4v) is 3.11. The average Bonchev–Trinajstić information content (AvgIpc) is 3.05. The minimum Gasteiger partial charge on any atom is -0.444 e. The van der Waals surface area contributed by atoms with Gasteiger partial charge in [0.15, 0.2) is 0 Å². The van der Waals surface area contributed by atoms with E-state index in [0.717, 1.165) is 56.9 Å². The van der Waals surface area contributed by atoms with Crippen molar-refractivity contribution in [1.82, 2.24) is 14.8 Å².